The van der Waals surface area contributed by atoms with Crippen molar-refractivity contribution in [2.75, 3.05) is 0 Å². The van der Waals surface area contributed by atoms with E-state index in [1.165, 1.54) is 25.1 Å². The number of nitro groups is 1. The summed E-state index contributed by atoms with van der Waals surface area (Å²) in [5.74, 6) is 0.105. The van der Waals surface area contributed by atoms with Gasteiger partial charge in [0.05, 0.1) is 9.82 Å². The standard InChI is InChI=1S/C17H13N3O4S/c1-10-4-3-5-13(8-10)16-18-19-17(24-16)25-15-7-6-12(11(2)21)9-14(15)20(22)23/h3-9H,1-2H3. The molecule has 8 heteroatoms. The van der Waals surface area contributed by atoms with Gasteiger partial charge in [-0.25, -0.2) is 0 Å². The molecule has 0 aliphatic heterocycles. The first-order valence-corrected chi connectivity index (χ1v) is 8.13. The number of carbonyl (C=O) groups is 1. The third-order valence-corrected chi connectivity index (χ3v) is 4.34. The molecule has 0 amide bonds. The number of aryl methyl sites for hydroxylation is 1. The minimum absolute atomic E-state index is 0.173. The fraction of sp³-hybridized carbons (Fsp3) is 0.118. The average Bonchev–Trinajstić information content (AvgIpc) is 3.03. The molecule has 0 aliphatic carbocycles. The zero-order chi connectivity index (χ0) is 18.0. The summed E-state index contributed by atoms with van der Waals surface area (Å²) in [6, 6.07) is 11.9. The molecule has 3 rings (SSSR count). The molecular weight excluding hydrogens is 342 g/mol. The second kappa shape index (κ2) is 6.86. The van der Waals surface area contributed by atoms with Crippen LogP contribution in [0.3, 0.4) is 0 Å². The number of hydrogen-bond acceptors (Lipinski definition) is 7. The van der Waals surface area contributed by atoms with Crippen molar-refractivity contribution in [1.82, 2.24) is 10.2 Å². The van der Waals surface area contributed by atoms with Crippen LogP contribution in [0.25, 0.3) is 11.5 Å². The molecule has 0 saturated heterocycles. The molecule has 126 valence electrons. The molecule has 3 aromatic rings. The van der Waals surface area contributed by atoms with Gasteiger partial charge in [0, 0.05) is 17.2 Å². The van der Waals surface area contributed by atoms with Crippen molar-refractivity contribution in [2.24, 2.45) is 0 Å². The largest absolute Gasteiger partial charge is 0.411 e. The van der Waals surface area contributed by atoms with Crippen LogP contribution in [0.15, 0.2) is 57.0 Å². The van der Waals surface area contributed by atoms with E-state index >= 15 is 0 Å². The maximum absolute atomic E-state index is 11.4. The zero-order valence-electron chi connectivity index (χ0n) is 13.4. The Kier molecular flexibility index (Phi) is 4.62. The first-order valence-electron chi connectivity index (χ1n) is 7.32. The van der Waals surface area contributed by atoms with Gasteiger partial charge in [-0.2, -0.15) is 0 Å². The van der Waals surface area contributed by atoms with Crippen LogP contribution in [-0.4, -0.2) is 20.9 Å². The Hall–Kier alpha value is -3.00. The molecule has 1 aromatic heterocycles. The lowest BCUT2D eigenvalue weighted by molar-refractivity contribution is -0.387. The third kappa shape index (κ3) is 3.74. The number of nitrogens with zero attached hydrogens (tertiary/aromatic N) is 3. The molecule has 0 spiro atoms. The van der Waals surface area contributed by atoms with E-state index in [1.807, 2.05) is 31.2 Å². The number of benzene rings is 2. The number of hydrogen-bond donors (Lipinski definition) is 0. The number of nitro benzene ring substituents is 1. The van der Waals surface area contributed by atoms with Crippen LogP contribution in [0.5, 0.6) is 0 Å². The maximum Gasteiger partial charge on any atom is 0.284 e. The molecule has 2 aromatic carbocycles. The Morgan fingerprint density at radius 3 is 2.68 bits per heavy atom. The summed E-state index contributed by atoms with van der Waals surface area (Å²) in [5, 5.41) is 19.4. The van der Waals surface area contributed by atoms with E-state index in [-0.39, 0.29) is 22.3 Å². The highest BCUT2D eigenvalue weighted by Gasteiger charge is 2.20. The Morgan fingerprint density at radius 1 is 1.20 bits per heavy atom. The van der Waals surface area contributed by atoms with Crippen molar-refractivity contribution in [2.45, 2.75) is 24.0 Å². The molecule has 0 saturated carbocycles. The Labute approximate surface area is 147 Å². The van der Waals surface area contributed by atoms with Crippen LogP contribution in [0.4, 0.5) is 5.69 Å². The molecule has 0 fully saturated rings. The van der Waals surface area contributed by atoms with Gasteiger partial charge in [-0.1, -0.05) is 17.7 Å². The van der Waals surface area contributed by atoms with Crippen LogP contribution in [0, 0.1) is 17.0 Å². The van der Waals surface area contributed by atoms with Gasteiger partial charge >= 0.3 is 0 Å². The van der Waals surface area contributed by atoms with E-state index in [1.54, 1.807) is 0 Å². The van der Waals surface area contributed by atoms with E-state index in [0.717, 1.165) is 22.9 Å². The first-order chi connectivity index (χ1) is 11.9. The van der Waals surface area contributed by atoms with Gasteiger partial charge < -0.3 is 4.42 Å². The molecule has 0 radical (unpaired) electrons. The number of aromatic nitrogens is 2. The predicted octanol–water partition coefficient (Wildman–Crippen LogP) is 4.31. The van der Waals surface area contributed by atoms with Crippen molar-refractivity contribution in [3.05, 3.63) is 63.7 Å². The normalized spacial score (nSPS) is 10.6. The lowest BCUT2D eigenvalue weighted by Gasteiger charge is -2.01. The van der Waals surface area contributed by atoms with Gasteiger partial charge in [0.1, 0.15) is 0 Å². The van der Waals surface area contributed by atoms with E-state index in [0.29, 0.717) is 10.8 Å². The number of ketones is 1. The third-order valence-electron chi connectivity index (χ3n) is 3.43. The fourth-order valence-electron chi connectivity index (χ4n) is 2.21. The summed E-state index contributed by atoms with van der Waals surface area (Å²) in [6.45, 7) is 3.31. The number of Topliss-reactive ketones (excluding diaryl/α,β-unsaturated/α-hetero) is 1. The summed E-state index contributed by atoms with van der Waals surface area (Å²) < 4.78 is 5.59. The van der Waals surface area contributed by atoms with Crippen molar-refractivity contribution in [1.29, 1.82) is 0 Å². The molecular formula is C17H13N3O4S. The molecule has 1 heterocycles. The van der Waals surface area contributed by atoms with Crippen LogP contribution in [0.1, 0.15) is 22.8 Å². The second-order valence-electron chi connectivity index (χ2n) is 5.34. The summed E-state index contributed by atoms with van der Waals surface area (Å²) in [7, 11) is 0. The zero-order valence-corrected chi connectivity index (χ0v) is 14.2. The molecule has 25 heavy (non-hydrogen) atoms. The summed E-state index contributed by atoms with van der Waals surface area (Å²) in [5.41, 5.74) is 1.94. The molecule has 0 N–H and O–H groups in total. The van der Waals surface area contributed by atoms with E-state index in [4.69, 9.17) is 4.42 Å². The number of rotatable bonds is 5. The first kappa shape index (κ1) is 16.8. The highest BCUT2D eigenvalue weighted by atomic mass is 32.2. The van der Waals surface area contributed by atoms with Crippen molar-refractivity contribution >= 4 is 23.2 Å². The number of carbonyl (C=O) groups excluding carboxylic acids is 1. The van der Waals surface area contributed by atoms with Gasteiger partial charge in [0.15, 0.2) is 5.78 Å². The minimum Gasteiger partial charge on any atom is -0.411 e. The predicted molar refractivity (Wildman–Crippen MR) is 91.7 cm³/mol. The Balaban J connectivity index is 1.90. The van der Waals surface area contributed by atoms with Crippen LogP contribution < -0.4 is 0 Å². The fourth-order valence-corrected chi connectivity index (χ4v) is 2.97. The van der Waals surface area contributed by atoms with Gasteiger partial charge in [0.2, 0.25) is 5.89 Å². The van der Waals surface area contributed by atoms with Crippen molar-refractivity contribution in [3.8, 4) is 11.5 Å². The molecule has 0 aliphatic rings. The quantitative estimate of drug-likeness (QED) is 0.382. The molecule has 7 nitrogen and oxygen atoms in total. The topological polar surface area (TPSA) is 99.1 Å². The summed E-state index contributed by atoms with van der Waals surface area (Å²) in [6.07, 6.45) is 0. The van der Waals surface area contributed by atoms with Crippen LogP contribution in [-0.2, 0) is 0 Å². The monoisotopic (exact) mass is 355 g/mol. The smallest absolute Gasteiger partial charge is 0.284 e. The highest BCUT2D eigenvalue weighted by molar-refractivity contribution is 7.99. The van der Waals surface area contributed by atoms with Gasteiger partial charge in [-0.15, -0.1) is 10.2 Å². The highest BCUT2D eigenvalue weighted by Crippen LogP contribution is 2.35. The average molecular weight is 355 g/mol. The van der Waals surface area contributed by atoms with Crippen LogP contribution in [0.2, 0.25) is 0 Å². The second-order valence-corrected chi connectivity index (χ2v) is 6.33. The summed E-state index contributed by atoms with van der Waals surface area (Å²) in [4.78, 5) is 22.5. The molecule has 0 atom stereocenters. The van der Waals surface area contributed by atoms with Crippen molar-refractivity contribution < 1.29 is 14.1 Å². The lowest BCUT2D eigenvalue weighted by atomic mass is 10.1. The van der Waals surface area contributed by atoms with E-state index in [9.17, 15) is 14.9 Å². The van der Waals surface area contributed by atoms with Crippen LogP contribution >= 0.6 is 11.8 Å². The lowest BCUT2D eigenvalue weighted by Crippen LogP contribution is -1.97. The summed E-state index contributed by atoms with van der Waals surface area (Å²) >= 11 is 0.989. The maximum atomic E-state index is 11.4. The Morgan fingerprint density at radius 2 is 2.00 bits per heavy atom. The SMILES string of the molecule is CC(=O)c1ccc(Sc2nnc(-c3cccc(C)c3)o2)c([N+](=O)[O-])c1. The molecule has 0 unspecified atom stereocenters. The van der Waals surface area contributed by atoms with Crippen molar-refractivity contribution in [3.63, 3.8) is 0 Å². The van der Waals surface area contributed by atoms with Gasteiger partial charge in [-0.05, 0) is 49.9 Å². The minimum atomic E-state index is -0.535. The van der Waals surface area contributed by atoms with E-state index < -0.39 is 4.92 Å². The molecule has 0 bridgehead atoms. The van der Waals surface area contributed by atoms with Gasteiger partial charge in [0.25, 0.3) is 10.9 Å². The Bertz CT molecular complexity index is 968. The van der Waals surface area contributed by atoms with E-state index in [2.05, 4.69) is 10.2 Å². The van der Waals surface area contributed by atoms with Gasteiger partial charge in [-0.3, -0.25) is 14.9 Å².